The van der Waals surface area contributed by atoms with Crippen LogP contribution in [0.4, 0.5) is 29.2 Å². The first-order valence-electron chi connectivity index (χ1n) is 13.1. The fourth-order valence-corrected chi connectivity index (χ4v) is 5.20. The lowest BCUT2D eigenvalue weighted by Crippen LogP contribution is -2.54. The van der Waals surface area contributed by atoms with E-state index in [2.05, 4.69) is 20.6 Å². The number of nitrogens with two attached hydrogens (primary N) is 4. The summed E-state index contributed by atoms with van der Waals surface area (Å²) in [5, 5.41) is 16.3. The Kier molecular flexibility index (Phi) is 9.68. The number of nitrogens with one attached hydrogen (secondary N) is 2. The van der Waals surface area contributed by atoms with Gasteiger partial charge in [-0.1, -0.05) is 11.6 Å². The van der Waals surface area contributed by atoms with E-state index >= 15 is 0 Å². The zero-order chi connectivity index (χ0) is 28.4. The topological polar surface area (TPSA) is 211 Å². The minimum atomic E-state index is -0.483. The molecule has 0 unspecified atom stereocenters. The maximum Gasteiger partial charge on any atom is 0.259 e. The van der Waals surface area contributed by atoms with E-state index in [9.17, 15) is 9.90 Å². The van der Waals surface area contributed by atoms with Crippen LogP contribution >= 0.6 is 24.0 Å². The van der Waals surface area contributed by atoms with Crippen LogP contribution in [0.5, 0.6) is 5.75 Å². The van der Waals surface area contributed by atoms with Gasteiger partial charge in [0.2, 0.25) is 17.8 Å². The fourth-order valence-electron chi connectivity index (χ4n) is 5.03. The zero-order valence-corrected chi connectivity index (χ0v) is 23.9. The molecule has 220 valence electrons. The first-order chi connectivity index (χ1) is 19.1. The zero-order valence-electron chi connectivity index (χ0n) is 22.3. The number of hydrogen-bond donors (Lipinski definition) is 7. The van der Waals surface area contributed by atoms with Crippen LogP contribution in [0.25, 0.3) is 0 Å². The molecule has 2 aromatic carbocycles. The molecule has 41 heavy (non-hydrogen) atoms. The number of benzene rings is 2. The summed E-state index contributed by atoms with van der Waals surface area (Å²) < 4.78 is 0. The largest absolute Gasteiger partial charge is 0.507 e. The van der Waals surface area contributed by atoms with Crippen LogP contribution in [0.2, 0.25) is 5.02 Å². The van der Waals surface area contributed by atoms with Gasteiger partial charge in [-0.05, 0) is 55.3 Å². The molecule has 1 aromatic heterocycles. The van der Waals surface area contributed by atoms with Crippen molar-refractivity contribution in [2.45, 2.75) is 37.0 Å². The number of amides is 1. The van der Waals surface area contributed by atoms with Crippen LogP contribution in [-0.2, 0) is 0 Å². The lowest BCUT2D eigenvalue weighted by molar-refractivity contribution is 0.102. The Morgan fingerprint density at radius 3 is 1.80 bits per heavy atom. The number of carbonyl (C=O) groups is 1. The minimum Gasteiger partial charge on any atom is -0.507 e. The number of nitrogens with zero attached hydrogens (tertiary/aromatic N) is 5. The molecule has 2 fully saturated rings. The molecule has 0 bridgehead atoms. The van der Waals surface area contributed by atoms with Gasteiger partial charge in [0.05, 0.1) is 5.56 Å². The van der Waals surface area contributed by atoms with Gasteiger partial charge in [0.15, 0.2) is 0 Å². The lowest BCUT2D eigenvalue weighted by atomic mass is 10.0. The molecule has 11 N–H and O–H groups in total. The molecule has 0 saturated carbocycles. The van der Waals surface area contributed by atoms with Crippen LogP contribution in [0.15, 0.2) is 42.5 Å². The van der Waals surface area contributed by atoms with Gasteiger partial charge in [-0.25, -0.2) is 0 Å². The number of hydrogen-bond acceptors (Lipinski definition) is 12. The highest BCUT2D eigenvalue weighted by Crippen LogP contribution is 2.26. The minimum absolute atomic E-state index is 0. The Balaban J connectivity index is 0.00000387. The highest BCUT2D eigenvalue weighted by molar-refractivity contribution is 6.31. The van der Waals surface area contributed by atoms with Crippen LogP contribution in [0, 0.1) is 0 Å². The number of anilines is 5. The number of piperidine rings is 2. The number of phenols is 1. The first kappa shape index (κ1) is 30.5. The van der Waals surface area contributed by atoms with Crippen molar-refractivity contribution in [2.75, 3.05) is 46.6 Å². The van der Waals surface area contributed by atoms with Gasteiger partial charge >= 0.3 is 0 Å². The molecule has 5 rings (SSSR count). The van der Waals surface area contributed by atoms with E-state index in [1.807, 2.05) is 9.80 Å². The Morgan fingerprint density at radius 2 is 1.29 bits per heavy atom. The van der Waals surface area contributed by atoms with E-state index in [0.29, 0.717) is 60.4 Å². The van der Waals surface area contributed by atoms with E-state index in [-0.39, 0.29) is 47.9 Å². The Morgan fingerprint density at radius 1 is 0.805 bits per heavy atom. The second-order valence-corrected chi connectivity index (χ2v) is 10.8. The number of carbonyl (C=O) groups excluding carboxylic acids is 1. The Bertz CT molecular complexity index is 1300. The SMILES string of the molecule is Cl.N[C@@H]1C[C@@H](N)CN(c2nc(Nc3ccc(NC(=O)c4cc(Cl)ccc4O)cc3)nc(N3C[C@H](N)C[C@H](N)C3)n2)C1. The molecule has 15 heteroatoms. The van der Waals surface area contributed by atoms with E-state index < -0.39 is 5.91 Å². The quantitative estimate of drug-likeness (QED) is 0.213. The third-order valence-electron chi connectivity index (χ3n) is 6.81. The van der Waals surface area contributed by atoms with Gasteiger partial charge < -0.3 is 48.5 Å². The Hall–Kier alpha value is -3.46. The van der Waals surface area contributed by atoms with Crippen molar-refractivity contribution in [3.63, 3.8) is 0 Å². The standard InChI is InChI=1S/C26H34ClN11O2.ClH/c27-14-1-6-22(39)21(7-14)23(40)32-19-2-4-20(5-3-19)33-24-34-25(37-10-15(28)8-16(29)11-37)36-26(35-24)38-12-17(30)9-18(31)13-38;/h1-7,15-18,39H,8-13,28-31H2,(H,32,40)(H,33,34,35,36);1H/t15-,16-,17-,18+;/m1./s1. The van der Waals surface area contributed by atoms with E-state index in [1.54, 1.807) is 24.3 Å². The summed E-state index contributed by atoms with van der Waals surface area (Å²) in [7, 11) is 0. The molecular formula is C26H35Cl2N11O2. The average Bonchev–Trinajstić information content (AvgIpc) is 2.90. The van der Waals surface area contributed by atoms with Crippen molar-refractivity contribution >= 4 is 59.1 Å². The van der Waals surface area contributed by atoms with Gasteiger partial charge in [0, 0.05) is 66.7 Å². The number of aromatic nitrogens is 3. The summed E-state index contributed by atoms with van der Waals surface area (Å²) >= 11 is 5.96. The third kappa shape index (κ3) is 7.64. The monoisotopic (exact) mass is 603 g/mol. The molecule has 1 amide bonds. The molecule has 3 heterocycles. The molecule has 2 aliphatic rings. The number of rotatable bonds is 6. The van der Waals surface area contributed by atoms with Crippen LogP contribution in [-0.4, -0.2) is 76.3 Å². The van der Waals surface area contributed by atoms with Gasteiger partial charge in [-0.2, -0.15) is 15.0 Å². The predicted molar refractivity (Wildman–Crippen MR) is 163 cm³/mol. The molecule has 13 nitrogen and oxygen atoms in total. The summed E-state index contributed by atoms with van der Waals surface area (Å²) in [6.07, 6.45) is 1.46. The fraction of sp³-hybridized carbons (Fsp3) is 0.385. The summed E-state index contributed by atoms with van der Waals surface area (Å²) in [6, 6.07) is 10.9. The highest BCUT2D eigenvalue weighted by Gasteiger charge is 2.28. The smallest absolute Gasteiger partial charge is 0.259 e. The third-order valence-corrected chi connectivity index (χ3v) is 7.05. The second kappa shape index (κ2) is 13.0. The lowest BCUT2D eigenvalue weighted by Gasteiger charge is -2.37. The maximum absolute atomic E-state index is 12.6. The van der Waals surface area contributed by atoms with Crippen molar-refractivity contribution in [1.82, 2.24) is 15.0 Å². The van der Waals surface area contributed by atoms with Crippen LogP contribution < -0.4 is 43.4 Å². The summed E-state index contributed by atoms with van der Waals surface area (Å²) in [6.45, 7) is 2.30. The molecule has 3 aromatic rings. The molecule has 0 radical (unpaired) electrons. The number of aromatic hydroxyl groups is 1. The van der Waals surface area contributed by atoms with Crippen molar-refractivity contribution in [2.24, 2.45) is 22.9 Å². The average molecular weight is 605 g/mol. The number of halogens is 2. The summed E-state index contributed by atoms with van der Waals surface area (Å²) in [5.74, 6) is 0.629. The molecule has 2 aliphatic heterocycles. The van der Waals surface area contributed by atoms with Crippen molar-refractivity contribution < 1.29 is 9.90 Å². The maximum atomic E-state index is 12.6. The molecule has 0 aliphatic carbocycles. The molecule has 2 saturated heterocycles. The van der Waals surface area contributed by atoms with Crippen LogP contribution in [0.1, 0.15) is 23.2 Å². The van der Waals surface area contributed by atoms with Crippen molar-refractivity contribution in [3.05, 3.63) is 53.1 Å². The van der Waals surface area contributed by atoms with E-state index in [1.165, 1.54) is 18.2 Å². The molecular weight excluding hydrogens is 569 g/mol. The second-order valence-electron chi connectivity index (χ2n) is 10.4. The van der Waals surface area contributed by atoms with E-state index in [4.69, 9.17) is 39.5 Å². The van der Waals surface area contributed by atoms with Gasteiger partial charge in [0.1, 0.15) is 5.75 Å². The molecule has 0 spiro atoms. The van der Waals surface area contributed by atoms with Gasteiger partial charge in [0.25, 0.3) is 5.91 Å². The normalized spacial score (nSPS) is 22.6. The predicted octanol–water partition coefficient (Wildman–Crippen LogP) is 1.38. The van der Waals surface area contributed by atoms with E-state index in [0.717, 1.165) is 12.8 Å². The summed E-state index contributed by atoms with van der Waals surface area (Å²) in [4.78, 5) is 30.6. The van der Waals surface area contributed by atoms with Gasteiger partial charge in [-0.3, -0.25) is 4.79 Å². The summed E-state index contributed by atoms with van der Waals surface area (Å²) in [5.41, 5.74) is 26.2. The van der Waals surface area contributed by atoms with Crippen molar-refractivity contribution in [3.8, 4) is 5.75 Å². The van der Waals surface area contributed by atoms with Gasteiger partial charge in [-0.15, -0.1) is 12.4 Å². The van der Waals surface area contributed by atoms with Crippen LogP contribution in [0.3, 0.4) is 0 Å². The first-order valence-corrected chi connectivity index (χ1v) is 13.5. The Labute approximate surface area is 249 Å². The number of phenolic OH excluding ortho intramolecular Hbond substituents is 1. The van der Waals surface area contributed by atoms with Crippen molar-refractivity contribution in [1.29, 1.82) is 0 Å². The molecule has 4 atom stereocenters. The highest BCUT2D eigenvalue weighted by atomic mass is 35.5.